The van der Waals surface area contributed by atoms with Gasteiger partial charge in [-0.2, -0.15) is 0 Å². The molecular formula is C20H22FNO5S. The first-order valence-electron chi connectivity index (χ1n) is 8.51. The smallest absolute Gasteiger partial charge is 0.338 e. The number of sulfonamides is 1. The second kappa shape index (κ2) is 8.88. The molecule has 150 valence electrons. The van der Waals surface area contributed by atoms with Gasteiger partial charge >= 0.3 is 5.97 Å². The number of anilines is 1. The van der Waals surface area contributed by atoms with E-state index in [1.54, 1.807) is 19.9 Å². The van der Waals surface area contributed by atoms with Crippen LogP contribution in [0.25, 0.3) is 0 Å². The molecule has 0 spiro atoms. The van der Waals surface area contributed by atoms with Crippen LogP contribution in [0.1, 0.15) is 22.8 Å². The van der Waals surface area contributed by atoms with Gasteiger partial charge in [-0.25, -0.2) is 17.6 Å². The van der Waals surface area contributed by atoms with Crippen molar-refractivity contribution in [3.8, 4) is 5.75 Å². The molecule has 6 nitrogen and oxygen atoms in total. The Kier molecular flexibility index (Phi) is 6.80. The van der Waals surface area contributed by atoms with Crippen molar-refractivity contribution in [1.82, 2.24) is 0 Å². The molecule has 0 N–H and O–H groups in total. The number of carbonyl (C=O) groups excluding carboxylic acids is 1. The Morgan fingerprint density at radius 3 is 2.50 bits per heavy atom. The normalized spacial score (nSPS) is 11.0. The zero-order chi connectivity index (χ0) is 20.9. The number of esters is 1. The van der Waals surface area contributed by atoms with Gasteiger partial charge < -0.3 is 9.47 Å². The summed E-state index contributed by atoms with van der Waals surface area (Å²) in [5, 5.41) is 0. The van der Waals surface area contributed by atoms with E-state index in [0.717, 1.165) is 10.4 Å². The molecule has 0 bridgehead atoms. The highest BCUT2D eigenvalue weighted by molar-refractivity contribution is 7.92. The van der Waals surface area contributed by atoms with Crippen LogP contribution < -0.4 is 9.04 Å². The van der Waals surface area contributed by atoms with Gasteiger partial charge in [-0.15, -0.1) is 6.58 Å². The highest BCUT2D eigenvalue weighted by Crippen LogP contribution is 2.29. The van der Waals surface area contributed by atoms with Gasteiger partial charge in [0.1, 0.15) is 0 Å². The van der Waals surface area contributed by atoms with Gasteiger partial charge in [-0.3, -0.25) is 4.31 Å². The SMILES string of the molecule is C=CCN(c1ccc(C(=O)OCC)cc1C)S(=O)(=O)c1ccc(OC)c(F)c1. The molecule has 0 aliphatic rings. The van der Waals surface area contributed by atoms with Crippen LogP contribution in [0, 0.1) is 12.7 Å². The van der Waals surface area contributed by atoms with Gasteiger partial charge in [0.25, 0.3) is 10.0 Å². The molecule has 0 atom stereocenters. The molecular weight excluding hydrogens is 385 g/mol. The van der Waals surface area contributed by atoms with Crippen molar-refractivity contribution in [2.75, 3.05) is 24.6 Å². The lowest BCUT2D eigenvalue weighted by atomic mass is 10.1. The Labute approximate surface area is 164 Å². The van der Waals surface area contributed by atoms with E-state index in [1.807, 2.05) is 0 Å². The molecule has 0 unspecified atom stereocenters. The minimum Gasteiger partial charge on any atom is -0.494 e. The lowest BCUT2D eigenvalue weighted by molar-refractivity contribution is 0.0526. The van der Waals surface area contributed by atoms with Crippen LogP contribution in [0.15, 0.2) is 53.9 Å². The minimum atomic E-state index is -4.08. The maximum atomic E-state index is 14.0. The number of rotatable bonds is 8. The van der Waals surface area contributed by atoms with Gasteiger partial charge in [0, 0.05) is 0 Å². The Morgan fingerprint density at radius 2 is 1.96 bits per heavy atom. The van der Waals surface area contributed by atoms with Crippen LogP contribution in [-0.2, 0) is 14.8 Å². The largest absolute Gasteiger partial charge is 0.494 e. The zero-order valence-electron chi connectivity index (χ0n) is 15.9. The summed E-state index contributed by atoms with van der Waals surface area (Å²) in [5.41, 5.74) is 1.21. The van der Waals surface area contributed by atoms with Gasteiger partial charge in [-0.05, 0) is 55.8 Å². The number of halogens is 1. The summed E-state index contributed by atoms with van der Waals surface area (Å²) in [7, 11) is -2.78. The molecule has 0 saturated heterocycles. The van der Waals surface area contributed by atoms with Crippen molar-refractivity contribution < 1.29 is 27.1 Å². The van der Waals surface area contributed by atoms with E-state index >= 15 is 0 Å². The maximum Gasteiger partial charge on any atom is 0.338 e. The lowest BCUT2D eigenvalue weighted by Crippen LogP contribution is -2.32. The van der Waals surface area contributed by atoms with Crippen LogP contribution in [0.5, 0.6) is 5.75 Å². The molecule has 0 saturated carbocycles. The molecule has 28 heavy (non-hydrogen) atoms. The summed E-state index contributed by atoms with van der Waals surface area (Å²) < 4.78 is 51.2. The highest BCUT2D eigenvalue weighted by atomic mass is 32.2. The summed E-state index contributed by atoms with van der Waals surface area (Å²) in [6.45, 7) is 7.19. The number of hydrogen-bond donors (Lipinski definition) is 0. The second-order valence-electron chi connectivity index (χ2n) is 5.84. The van der Waals surface area contributed by atoms with Crippen LogP contribution in [0.2, 0.25) is 0 Å². The molecule has 0 aliphatic carbocycles. The van der Waals surface area contributed by atoms with E-state index in [-0.39, 0.29) is 23.8 Å². The molecule has 0 radical (unpaired) electrons. The molecule has 2 rings (SSSR count). The number of ether oxygens (including phenoxy) is 2. The fraction of sp³-hybridized carbons (Fsp3) is 0.250. The van der Waals surface area contributed by atoms with E-state index in [9.17, 15) is 17.6 Å². The quantitative estimate of drug-likeness (QED) is 0.493. The van der Waals surface area contributed by atoms with Crippen molar-refractivity contribution >= 4 is 21.7 Å². The van der Waals surface area contributed by atoms with Gasteiger partial charge in [-0.1, -0.05) is 6.08 Å². The van der Waals surface area contributed by atoms with E-state index in [2.05, 4.69) is 6.58 Å². The molecule has 2 aromatic carbocycles. The Morgan fingerprint density at radius 1 is 1.25 bits per heavy atom. The monoisotopic (exact) mass is 407 g/mol. The van der Waals surface area contributed by atoms with Crippen molar-refractivity contribution in [2.24, 2.45) is 0 Å². The summed E-state index contributed by atoms with van der Waals surface area (Å²) in [6.07, 6.45) is 1.43. The predicted molar refractivity (Wildman–Crippen MR) is 105 cm³/mol. The second-order valence-corrected chi connectivity index (χ2v) is 7.71. The molecule has 0 aliphatic heterocycles. The number of nitrogens with zero attached hydrogens (tertiary/aromatic N) is 1. The van der Waals surface area contributed by atoms with Gasteiger partial charge in [0.05, 0.1) is 36.4 Å². The molecule has 2 aromatic rings. The molecule has 0 fully saturated rings. The Balaban J connectivity index is 2.51. The topological polar surface area (TPSA) is 72.9 Å². The van der Waals surface area contributed by atoms with E-state index in [4.69, 9.17) is 9.47 Å². The van der Waals surface area contributed by atoms with Crippen LogP contribution in [-0.4, -0.2) is 34.6 Å². The highest BCUT2D eigenvalue weighted by Gasteiger charge is 2.27. The average Bonchev–Trinajstić information content (AvgIpc) is 2.66. The first-order chi connectivity index (χ1) is 13.3. The number of methoxy groups -OCH3 is 1. The third kappa shape index (κ3) is 4.33. The standard InChI is InChI=1S/C20H22FNO5S/c1-5-11-22(18-9-7-15(12-14(18)3)20(23)27-6-2)28(24,25)16-8-10-19(26-4)17(21)13-16/h5,7-10,12-13H,1,6,11H2,2-4H3. The molecule has 0 amide bonds. The Hall–Kier alpha value is -2.87. The lowest BCUT2D eigenvalue weighted by Gasteiger charge is -2.25. The van der Waals surface area contributed by atoms with Crippen LogP contribution in [0.4, 0.5) is 10.1 Å². The van der Waals surface area contributed by atoms with Crippen molar-refractivity contribution in [3.05, 3.63) is 66.0 Å². The van der Waals surface area contributed by atoms with E-state index in [0.29, 0.717) is 16.8 Å². The maximum absolute atomic E-state index is 14.0. The van der Waals surface area contributed by atoms with E-state index in [1.165, 1.54) is 37.5 Å². The molecule has 0 aromatic heterocycles. The average molecular weight is 407 g/mol. The van der Waals surface area contributed by atoms with Crippen molar-refractivity contribution in [3.63, 3.8) is 0 Å². The summed E-state index contributed by atoms with van der Waals surface area (Å²) in [5.74, 6) is -1.33. The fourth-order valence-electron chi connectivity index (χ4n) is 2.65. The number of carbonyl (C=O) groups is 1. The predicted octanol–water partition coefficient (Wildman–Crippen LogP) is 3.70. The fourth-order valence-corrected chi connectivity index (χ4v) is 4.17. The summed E-state index contributed by atoms with van der Waals surface area (Å²) >= 11 is 0. The third-order valence-electron chi connectivity index (χ3n) is 3.98. The van der Waals surface area contributed by atoms with Crippen LogP contribution >= 0.6 is 0 Å². The number of benzene rings is 2. The summed E-state index contributed by atoms with van der Waals surface area (Å²) in [6, 6.07) is 7.99. The van der Waals surface area contributed by atoms with Crippen molar-refractivity contribution in [1.29, 1.82) is 0 Å². The van der Waals surface area contributed by atoms with E-state index < -0.39 is 21.8 Å². The number of aryl methyl sites for hydroxylation is 1. The third-order valence-corrected chi connectivity index (χ3v) is 5.76. The first kappa shape index (κ1) is 21.4. The minimum absolute atomic E-state index is 0.0322. The zero-order valence-corrected chi connectivity index (χ0v) is 16.8. The first-order valence-corrected chi connectivity index (χ1v) is 9.95. The molecule has 0 heterocycles. The number of hydrogen-bond acceptors (Lipinski definition) is 5. The van der Waals surface area contributed by atoms with Crippen molar-refractivity contribution in [2.45, 2.75) is 18.7 Å². The summed E-state index contributed by atoms with van der Waals surface area (Å²) in [4.78, 5) is 11.7. The molecule has 8 heteroatoms. The van der Waals surface area contributed by atoms with Crippen LogP contribution in [0.3, 0.4) is 0 Å². The Bertz CT molecular complexity index is 988. The van der Waals surface area contributed by atoms with Gasteiger partial charge in [0.15, 0.2) is 11.6 Å². The van der Waals surface area contributed by atoms with Gasteiger partial charge in [0.2, 0.25) is 0 Å².